The van der Waals surface area contributed by atoms with Gasteiger partial charge in [0.2, 0.25) is 5.88 Å². The summed E-state index contributed by atoms with van der Waals surface area (Å²) in [4.78, 5) is 8.86. The van der Waals surface area contributed by atoms with Crippen molar-refractivity contribution in [2.75, 3.05) is 6.61 Å². The predicted molar refractivity (Wildman–Crippen MR) is 69.2 cm³/mol. The van der Waals surface area contributed by atoms with Crippen molar-refractivity contribution in [1.82, 2.24) is 9.97 Å². The molecule has 1 heterocycles. The number of halogens is 1. The van der Waals surface area contributed by atoms with Crippen molar-refractivity contribution in [3.63, 3.8) is 0 Å². The Bertz CT molecular complexity index is 402. The fourth-order valence-corrected chi connectivity index (χ4v) is 2.50. The van der Waals surface area contributed by atoms with Crippen molar-refractivity contribution >= 4 is 15.9 Å². The van der Waals surface area contributed by atoms with Crippen LogP contribution in [0, 0.1) is 5.92 Å². The summed E-state index contributed by atoms with van der Waals surface area (Å²) in [7, 11) is 0. The molecule has 0 spiro atoms. The number of aromatic nitrogens is 2. The summed E-state index contributed by atoms with van der Waals surface area (Å²) in [5, 5.41) is 0. The zero-order chi connectivity index (χ0) is 11.7. The first-order chi connectivity index (χ1) is 8.31. The SMILES string of the molecule is Brc1cc(OCCC2CCC2)nc(C2CC2)n1. The van der Waals surface area contributed by atoms with Crippen LogP contribution < -0.4 is 4.74 Å². The van der Waals surface area contributed by atoms with Crippen LogP contribution in [0.15, 0.2) is 10.7 Å². The lowest BCUT2D eigenvalue weighted by molar-refractivity contribution is 0.216. The van der Waals surface area contributed by atoms with Crippen LogP contribution in [0.3, 0.4) is 0 Å². The molecule has 0 aliphatic heterocycles. The minimum Gasteiger partial charge on any atom is -0.478 e. The Morgan fingerprint density at radius 2 is 2.06 bits per heavy atom. The molecule has 0 radical (unpaired) electrons. The van der Waals surface area contributed by atoms with E-state index < -0.39 is 0 Å². The first kappa shape index (κ1) is 11.5. The Hall–Kier alpha value is -0.640. The Morgan fingerprint density at radius 1 is 1.24 bits per heavy atom. The second kappa shape index (κ2) is 4.92. The summed E-state index contributed by atoms with van der Waals surface area (Å²) in [6.45, 7) is 0.790. The summed E-state index contributed by atoms with van der Waals surface area (Å²) >= 11 is 3.42. The van der Waals surface area contributed by atoms with Gasteiger partial charge < -0.3 is 4.74 Å². The van der Waals surface area contributed by atoms with Crippen molar-refractivity contribution < 1.29 is 4.74 Å². The summed E-state index contributed by atoms with van der Waals surface area (Å²) < 4.78 is 6.57. The number of hydrogen-bond acceptors (Lipinski definition) is 3. The second-order valence-corrected chi connectivity index (χ2v) is 5.91. The second-order valence-electron chi connectivity index (χ2n) is 5.10. The maximum absolute atomic E-state index is 5.73. The van der Waals surface area contributed by atoms with Gasteiger partial charge >= 0.3 is 0 Å². The number of ether oxygens (including phenoxy) is 1. The molecule has 0 aromatic carbocycles. The monoisotopic (exact) mass is 296 g/mol. The molecule has 0 N–H and O–H groups in total. The first-order valence-corrected chi connectivity index (χ1v) is 7.28. The minimum atomic E-state index is 0.571. The summed E-state index contributed by atoms with van der Waals surface area (Å²) in [6.07, 6.45) is 7.76. The molecule has 3 nitrogen and oxygen atoms in total. The molecule has 0 amide bonds. The van der Waals surface area contributed by atoms with Crippen LogP contribution >= 0.6 is 15.9 Å². The lowest BCUT2D eigenvalue weighted by atomic mass is 9.83. The Labute approximate surface area is 110 Å². The van der Waals surface area contributed by atoms with E-state index in [9.17, 15) is 0 Å². The molecule has 0 saturated heterocycles. The van der Waals surface area contributed by atoms with E-state index in [2.05, 4.69) is 25.9 Å². The first-order valence-electron chi connectivity index (χ1n) is 6.48. The molecule has 2 fully saturated rings. The molecule has 0 atom stereocenters. The molecule has 92 valence electrons. The largest absolute Gasteiger partial charge is 0.478 e. The van der Waals surface area contributed by atoms with Gasteiger partial charge in [-0.15, -0.1) is 0 Å². The van der Waals surface area contributed by atoms with Crippen LogP contribution in [-0.4, -0.2) is 16.6 Å². The Balaban J connectivity index is 1.57. The van der Waals surface area contributed by atoms with E-state index in [0.29, 0.717) is 5.92 Å². The zero-order valence-electron chi connectivity index (χ0n) is 9.86. The van der Waals surface area contributed by atoms with Crippen molar-refractivity contribution in [2.24, 2.45) is 5.92 Å². The number of rotatable bonds is 5. The molecular formula is C13H17BrN2O. The predicted octanol–water partition coefficient (Wildman–Crippen LogP) is 3.69. The van der Waals surface area contributed by atoms with Crippen LogP contribution in [0.1, 0.15) is 50.3 Å². The van der Waals surface area contributed by atoms with Gasteiger partial charge in [-0.05, 0) is 41.1 Å². The quantitative estimate of drug-likeness (QED) is 0.778. The van der Waals surface area contributed by atoms with Gasteiger partial charge in [-0.3, -0.25) is 0 Å². The minimum absolute atomic E-state index is 0.571. The number of nitrogens with zero attached hydrogens (tertiary/aromatic N) is 2. The molecule has 1 aromatic heterocycles. The van der Waals surface area contributed by atoms with Crippen molar-refractivity contribution in [3.05, 3.63) is 16.5 Å². The molecule has 4 heteroatoms. The van der Waals surface area contributed by atoms with Crippen molar-refractivity contribution in [2.45, 2.75) is 44.4 Å². The molecule has 2 saturated carbocycles. The fourth-order valence-electron chi connectivity index (χ4n) is 2.12. The molecule has 2 aliphatic carbocycles. The van der Waals surface area contributed by atoms with Crippen LogP contribution in [0.4, 0.5) is 0 Å². The van der Waals surface area contributed by atoms with Crippen molar-refractivity contribution in [3.8, 4) is 5.88 Å². The summed E-state index contributed by atoms with van der Waals surface area (Å²) in [5.41, 5.74) is 0. The molecular weight excluding hydrogens is 280 g/mol. The van der Waals surface area contributed by atoms with E-state index in [-0.39, 0.29) is 0 Å². The fraction of sp³-hybridized carbons (Fsp3) is 0.692. The van der Waals surface area contributed by atoms with Gasteiger partial charge in [0.25, 0.3) is 0 Å². The molecule has 2 aliphatic rings. The van der Waals surface area contributed by atoms with Gasteiger partial charge in [-0.1, -0.05) is 19.3 Å². The Kier molecular flexibility index (Phi) is 3.32. The van der Waals surface area contributed by atoms with E-state index in [1.165, 1.54) is 38.5 Å². The van der Waals surface area contributed by atoms with Gasteiger partial charge in [0, 0.05) is 12.0 Å². The third kappa shape index (κ3) is 2.97. The van der Waals surface area contributed by atoms with Crippen molar-refractivity contribution in [1.29, 1.82) is 0 Å². The standard InChI is InChI=1S/C13H17BrN2O/c14-11-8-12(16-13(15-11)10-4-5-10)17-7-6-9-2-1-3-9/h8-10H,1-7H2. The van der Waals surface area contributed by atoms with Gasteiger partial charge in [0.1, 0.15) is 10.4 Å². The van der Waals surface area contributed by atoms with E-state index in [1.54, 1.807) is 0 Å². The van der Waals surface area contributed by atoms with Gasteiger partial charge in [-0.2, -0.15) is 4.98 Å². The molecule has 17 heavy (non-hydrogen) atoms. The summed E-state index contributed by atoms with van der Waals surface area (Å²) in [6, 6.07) is 1.87. The normalized spacial score (nSPS) is 20.1. The molecule has 3 rings (SSSR count). The van der Waals surface area contributed by atoms with Crippen LogP contribution in [0.25, 0.3) is 0 Å². The highest BCUT2D eigenvalue weighted by Crippen LogP contribution is 2.39. The smallest absolute Gasteiger partial charge is 0.217 e. The lowest BCUT2D eigenvalue weighted by Gasteiger charge is -2.24. The highest BCUT2D eigenvalue weighted by atomic mass is 79.9. The zero-order valence-corrected chi connectivity index (χ0v) is 11.4. The molecule has 0 unspecified atom stereocenters. The third-order valence-electron chi connectivity index (χ3n) is 3.63. The van der Waals surface area contributed by atoms with Crippen LogP contribution in [0.5, 0.6) is 5.88 Å². The molecule has 0 bridgehead atoms. The highest BCUT2D eigenvalue weighted by Gasteiger charge is 2.27. The van der Waals surface area contributed by atoms with Gasteiger partial charge in [0.05, 0.1) is 6.61 Å². The van der Waals surface area contributed by atoms with Gasteiger partial charge in [0.15, 0.2) is 0 Å². The van der Waals surface area contributed by atoms with E-state index in [1.807, 2.05) is 6.07 Å². The van der Waals surface area contributed by atoms with E-state index in [0.717, 1.165) is 28.8 Å². The van der Waals surface area contributed by atoms with Crippen LogP contribution in [0.2, 0.25) is 0 Å². The topological polar surface area (TPSA) is 35.0 Å². The average molecular weight is 297 g/mol. The van der Waals surface area contributed by atoms with E-state index in [4.69, 9.17) is 4.74 Å². The lowest BCUT2D eigenvalue weighted by Crippen LogP contribution is -2.15. The maximum atomic E-state index is 5.73. The average Bonchev–Trinajstić information content (AvgIpc) is 3.04. The van der Waals surface area contributed by atoms with Gasteiger partial charge in [-0.25, -0.2) is 4.98 Å². The van der Waals surface area contributed by atoms with Crippen LogP contribution in [-0.2, 0) is 0 Å². The third-order valence-corrected chi connectivity index (χ3v) is 4.04. The van der Waals surface area contributed by atoms with E-state index >= 15 is 0 Å². The number of hydrogen-bond donors (Lipinski definition) is 0. The Morgan fingerprint density at radius 3 is 2.71 bits per heavy atom. The maximum Gasteiger partial charge on any atom is 0.217 e. The highest BCUT2D eigenvalue weighted by molar-refractivity contribution is 9.10. The molecule has 1 aromatic rings. The summed E-state index contributed by atoms with van der Waals surface area (Å²) in [5.74, 6) is 3.13.